The molecule has 2 heterocycles. The smallest absolute Gasteiger partial charge is 0.267 e. The Morgan fingerprint density at radius 1 is 1.04 bits per heavy atom. The molecule has 1 aliphatic rings. The Balaban J connectivity index is 1.54. The lowest BCUT2D eigenvalue weighted by Crippen LogP contribution is -2.09. The summed E-state index contributed by atoms with van der Waals surface area (Å²) in [7, 11) is 0. The van der Waals surface area contributed by atoms with Gasteiger partial charge in [0.05, 0.1) is 10.6 Å². The molecule has 0 saturated carbocycles. The van der Waals surface area contributed by atoms with E-state index in [9.17, 15) is 4.79 Å². The van der Waals surface area contributed by atoms with Crippen molar-refractivity contribution in [2.45, 2.75) is 46.5 Å². The molecule has 26 heavy (non-hydrogen) atoms. The number of fused-ring (bicyclic) bond motifs is 1. The molecule has 0 unspecified atom stereocenters. The van der Waals surface area contributed by atoms with Gasteiger partial charge in [-0.15, -0.1) is 22.7 Å². The second-order valence-corrected chi connectivity index (χ2v) is 9.00. The van der Waals surface area contributed by atoms with E-state index < -0.39 is 0 Å². The highest BCUT2D eigenvalue weighted by molar-refractivity contribution is 7.15. The Kier molecular flexibility index (Phi) is 4.67. The molecular formula is C21H22N2OS2. The van der Waals surface area contributed by atoms with E-state index in [1.54, 1.807) is 11.3 Å². The van der Waals surface area contributed by atoms with Crippen LogP contribution in [0.5, 0.6) is 0 Å². The fourth-order valence-corrected chi connectivity index (χ4v) is 5.31. The summed E-state index contributed by atoms with van der Waals surface area (Å²) in [4.78, 5) is 19.4. The van der Waals surface area contributed by atoms with Crippen molar-refractivity contribution in [2.24, 2.45) is 0 Å². The summed E-state index contributed by atoms with van der Waals surface area (Å²) in [6, 6.07) is 6.44. The van der Waals surface area contributed by atoms with E-state index in [1.165, 1.54) is 51.3 Å². The van der Waals surface area contributed by atoms with Crippen molar-refractivity contribution in [3.05, 3.63) is 55.6 Å². The number of aromatic nitrogens is 1. The monoisotopic (exact) mass is 382 g/mol. The van der Waals surface area contributed by atoms with Crippen LogP contribution in [-0.2, 0) is 12.8 Å². The third kappa shape index (κ3) is 3.33. The van der Waals surface area contributed by atoms with Crippen LogP contribution < -0.4 is 5.32 Å². The minimum atomic E-state index is -0.0397. The average molecular weight is 383 g/mol. The number of hydrogen-bond acceptors (Lipinski definition) is 4. The van der Waals surface area contributed by atoms with Crippen LogP contribution in [0.1, 0.15) is 49.6 Å². The van der Waals surface area contributed by atoms with E-state index in [-0.39, 0.29) is 5.91 Å². The van der Waals surface area contributed by atoms with Gasteiger partial charge >= 0.3 is 0 Å². The zero-order valence-electron chi connectivity index (χ0n) is 15.3. The Bertz CT molecular complexity index is 961. The molecule has 0 saturated heterocycles. The molecule has 2 aromatic heterocycles. The number of carbonyl (C=O) groups is 1. The lowest BCUT2D eigenvalue weighted by Gasteiger charge is -2.08. The van der Waals surface area contributed by atoms with Crippen LogP contribution in [0.4, 0.5) is 5.13 Å². The molecule has 0 fully saturated rings. The van der Waals surface area contributed by atoms with Crippen molar-refractivity contribution in [3.63, 3.8) is 0 Å². The topological polar surface area (TPSA) is 42.0 Å². The molecule has 3 nitrogen and oxygen atoms in total. The first-order valence-electron chi connectivity index (χ1n) is 8.98. The Labute approximate surface area is 162 Å². The van der Waals surface area contributed by atoms with Crippen molar-refractivity contribution >= 4 is 33.7 Å². The molecule has 1 aromatic carbocycles. The summed E-state index contributed by atoms with van der Waals surface area (Å²) in [5, 5.41) is 5.66. The van der Waals surface area contributed by atoms with E-state index in [4.69, 9.17) is 0 Å². The fourth-order valence-electron chi connectivity index (χ4n) is 3.45. The maximum Gasteiger partial charge on any atom is 0.267 e. The van der Waals surface area contributed by atoms with Crippen LogP contribution in [0.15, 0.2) is 23.6 Å². The van der Waals surface area contributed by atoms with Crippen molar-refractivity contribution in [1.29, 1.82) is 0 Å². The summed E-state index contributed by atoms with van der Waals surface area (Å²) in [6.45, 7) is 6.35. The van der Waals surface area contributed by atoms with Crippen molar-refractivity contribution in [1.82, 2.24) is 4.98 Å². The van der Waals surface area contributed by atoms with Gasteiger partial charge in [0.1, 0.15) is 0 Å². The zero-order valence-corrected chi connectivity index (χ0v) is 16.9. The molecule has 5 heteroatoms. The van der Waals surface area contributed by atoms with E-state index in [0.29, 0.717) is 5.13 Å². The highest BCUT2D eigenvalue weighted by Crippen LogP contribution is 2.32. The number of nitrogens with one attached hydrogen (secondary N) is 1. The highest BCUT2D eigenvalue weighted by Gasteiger charge is 2.18. The molecule has 0 atom stereocenters. The maximum absolute atomic E-state index is 12.6. The fraction of sp³-hybridized carbons (Fsp3) is 0.333. The number of thiazole rings is 1. The average Bonchev–Trinajstić information content (AvgIpc) is 3.24. The van der Waals surface area contributed by atoms with Gasteiger partial charge in [0, 0.05) is 15.8 Å². The SMILES string of the molecule is Cc1cc(C)c(-c2csc(NC(=O)c3cc4c(s3)CCCC4)n2)cc1C. The van der Waals surface area contributed by atoms with Gasteiger partial charge in [-0.3, -0.25) is 10.1 Å². The molecule has 0 spiro atoms. The molecule has 1 amide bonds. The van der Waals surface area contributed by atoms with Gasteiger partial charge in [-0.1, -0.05) is 6.07 Å². The predicted molar refractivity (Wildman–Crippen MR) is 111 cm³/mol. The van der Waals surface area contributed by atoms with Crippen LogP contribution in [0.25, 0.3) is 11.3 Å². The van der Waals surface area contributed by atoms with E-state index in [2.05, 4.69) is 49.3 Å². The Morgan fingerprint density at radius 2 is 1.81 bits per heavy atom. The minimum absolute atomic E-state index is 0.0397. The lowest BCUT2D eigenvalue weighted by molar-refractivity contribution is 0.103. The first kappa shape index (κ1) is 17.4. The van der Waals surface area contributed by atoms with Crippen LogP contribution in [0, 0.1) is 20.8 Å². The largest absolute Gasteiger partial charge is 0.297 e. The number of amides is 1. The van der Waals surface area contributed by atoms with Gasteiger partial charge in [-0.05, 0) is 80.8 Å². The maximum atomic E-state index is 12.6. The molecule has 1 aliphatic carbocycles. The van der Waals surface area contributed by atoms with Gasteiger partial charge in [-0.2, -0.15) is 0 Å². The van der Waals surface area contributed by atoms with Crippen LogP contribution in [0.3, 0.4) is 0 Å². The van der Waals surface area contributed by atoms with Gasteiger partial charge in [0.25, 0.3) is 5.91 Å². The number of aryl methyl sites for hydroxylation is 5. The third-order valence-electron chi connectivity index (χ3n) is 5.06. The Morgan fingerprint density at radius 3 is 2.62 bits per heavy atom. The van der Waals surface area contributed by atoms with E-state index >= 15 is 0 Å². The standard InChI is InChI=1S/C21H22N2OS2/c1-12-8-14(3)16(9-13(12)2)17-11-25-21(22-17)23-20(24)19-10-15-6-4-5-7-18(15)26-19/h8-11H,4-7H2,1-3H3,(H,22,23,24). The van der Waals surface area contributed by atoms with Gasteiger partial charge in [0.2, 0.25) is 0 Å². The third-order valence-corrected chi connectivity index (χ3v) is 7.06. The number of thiophene rings is 1. The molecule has 0 aliphatic heterocycles. The van der Waals surface area contributed by atoms with Crippen molar-refractivity contribution < 1.29 is 4.79 Å². The van der Waals surface area contributed by atoms with Gasteiger partial charge in [0.15, 0.2) is 5.13 Å². The number of anilines is 1. The van der Waals surface area contributed by atoms with Gasteiger partial charge < -0.3 is 0 Å². The van der Waals surface area contributed by atoms with E-state index in [1.807, 2.05) is 5.38 Å². The molecule has 3 aromatic rings. The molecule has 134 valence electrons. The molecule has 0 bridgehead atoms. The first-order chi connectivity index (χ1) is 12.5. The second kappa shape index (κ2) is 6.97. The minimum Gasteiger partial charge on any atom is -0.297 e. The predicted octanol–water partition coefficient (Wildman–Crippen LogP) is 5.93. The second-order valence-electron chi connectivity index (χ2n) is 7.01. The van der Waals surface area contributed by atoms with Crippen LogP contribution >= 0.6 is 22.7 Å². The number of nitrogens with zero attached hydrogens (tertiary/aromatic N) is 1. The highest BCUT2D eigenvalue weighted by atomic mass is 32.1. The van der Waals surface area contributed by atoms with Crippen molar-refractivity contribution in [2.75, 3.05) is 5.32 Å². The summed E-state index contributed by atoms with van der Waals surface area (Å²) in [6.07, 6.45) is 4.68. The summed E-state index contributed by atoms with van der Waals surface area (Å²) in [5.74, 6) is -0.0397. The van der Waals surface area contributed by atoms with Crippen LogP contribution in [0.2, 0.25) is 0 Å². The number of rotatable bonds is 3. The summed E-state index contributed by atoms with van der Waals surface area (Å²) >= 11 is 3.12. The first-order valence-corrected chi connectivity index (χ1v) is 10.7. The summed E-state index contributed by atoms with van der Waals surface area (Å²) in [5.41, 5.74) is 7.18. The van der Waals surface area contributed by atoms with E-state index in [0.717, 1.165) is 29.0 Å². The molecular weight excluding hydrogens is 360 g/mol. The molecule has 1 N–H and O–H groups in total. The van der Waals surface area contributed by atoms with Gasteiger partial charge in [-0.25, -0.2) is 4.98 Å². The number of benzene rings is 1. The zero-order chi connectivity index (χ0) is 18.3. The normalized spacial score (nSPS) is 13.5. The van der Waals surface area contributed by atoms with Crippen molar-refractivity contribution in [3.8, 4) is 11.3 Å². The van der Waals surface area contributed by atoms with Crippen LogP contribution in [-0.4, -0.2) is 10.9 Å². The molecule has 0 radical (unpaired) electrons. The Hall–Kier alpha value is -1.98. The quantitative estimate of drug-likeness (QED) is 0.610. The summed E-state index contributed by atoms with van der Waals surface area (Å²) < 4.78 is 0. The number of carbonyl (C=O) groups excluding carboxylic acids is 1. The molecule has 4 rings (SSSR count). The lowest BCUT2D eigenvalue weighted by atomic mass is 9.99. The number of hydrogen-bond donors (Lipinski definition) is 1.